The van der Waals surface area contributed by atoms with Crippen LogP contribution in [0, 0.1) is 0 Å². The summed E-state index contributed by atoms with van der Waals surface area (Å²) >= 11 is 5.28. The van der Waals surface area contributed by atoms with Gasteiger partial charge in [0.15, 0.2) is 0 Å². The van der Waals surface area contributed by atoms with E-state index in [4.69, 9.17) is 11.6 Å². The predicted octanol–water partition coefficient (Wildman–Crippen LogP) is 3.02. The van der Waals surface area contributed by atoms with Crippen molar-refractivity contribution in [3.05, 3.63) is 42.5 Å². The zero-order valence-electron chi connectivity index (χ0n) is 8.03. The molecule has 2 nitrogen and oxygen atoms in total. The van der Waals surface area contributed by atoms with Gasteiger partial charge in [-0.15, -0.1) is 0 Å². The van der Waals surface area contributed by atoms with Crippen LogP contribution in [0.3, 0.4) is 0 Å². The maximum atomic E-state index is 10.7. The third kappa shape index (κ3) is 2.28. The first-order valence-corrected chi connectivity index (χ1v) is 5.05. The van der Waals surface area contributed by atoms with Gasteiger partial charge in [0.25, 0.3) is 0 Å². The number of fused-ring (bicyclic) bond motifs is 1. The number of halogens is 1. The van der Waals surface area contributed by atoms with Crippen molar-refractivity contribution in [2.24, 2.45) is 0 Å². The molecule has 0 heterocycles. The Kier molecular flexibility index (Phi) is 2.88. The molecular formula is C12H10ClNO. The highest BCUT2D eigenvalue weighted by molar-refractivity contribution is 6.64. The molecule has 0 bridgehead atoms. The minimum atomic E-state index is -0.386. The van der Waals surface area contributed by atoms with Crippen LogP contribution in [-0.2, 0) is 4.79 Å². The van der Waals surface area contributed by atoms with Crippen LogP contribution >= 0.6 is 11.6 Å². The number of rotatable bonds is 3. The number of hydrogen-bond acceptors (Lipinski definition) is 2. The van der Waals surface area contributed by atoms with Gasteiger partial charge in [0.05, 0.1) is 6.54 Å². The second kappa shape index (κ2) is 4.32. The Morgan fingerprint density at radius 3 is 2.67 bits per heavy atom. The van der Waals surface area contributed by atoms with Crippen LogP contribution in [0.1, 0.15) is 0 Å². The Morgan fingerprint density at radius 1 is 1.13 bits per heavy atom. The summed E-state index contributed by atoms with van der Waals surface area (Å²) in [6.45, 7) is 0.148. The molecule has 1 N–H and O–H groups in total. The number of benzene rings is 2. The lowest BCUT2D eigenvalue weighted by Crippen LogP contribution is -2.07. The molecule has 15 heavy (non-hydrogen) atoms. The molecule has 0 radical (unpaired) electrons. The largest absolute Gasteiger partial charge is 0.376 e. The standard InChI is InChI=1S/C12H10ClNO/c13-12(15)8-14-11-7-3-5-9-4-1-2-6-10(9)11/h1-7,14H,8H2. The molecule has 0 aliphatic carbocycles. The number of anilines is 1. The van der Waals surface area contributed by atoms with Crippen LogP contribution in [0.5, 0.6) is 0 Å². The molecule has 76 valence electrons. The number of carbonyl (C=O) groups excluding carboxylic acids is 1. The molecule has 0 saturated carbocycles. The van der Waals surface area contributed by atoms with E-state index in [1.807, 2.05) is 42.5 Å². The Morgan fingerprint density at radius 2 is 1.87 bits per heavy atom. The van der Waals surface area contributed by atoms with Crippen molar-refractivity contribution in [1.29, 1.82) is 0 Å². The Labute approximate surface area is 92.9 Å². The molecule has 0 unspecified atom stereocenters. The van der Waals surface area contributed by atoms with Crippen molar-refractivity contribution in [2.75, 3.05) is 11.9 Å². The van der Waals surface area contributed by atoms with Crippen molar-refractivity contribution in [1.82, 2.24) is 0 Å². The molecule has 0 aliphatic rings. The van der Waals surface area contributed by atoms with Crippen LogP contribution in [0.15, 0.2) is 42.5 Å². The first kappa shape index (κ1) is 9.99. The molecule has 0 fully saturated rings. The quantitative estimate of drug-likeness (QED) is 0.804. The lowest BCUT2D eigenvalue weighted by atomic mass is 10.1. The van der Waals surface area contributed by atoms with E-state index in [1.165, 1.54) is 0 Å². The van der Waals surface area contributed by atoms with E-state index in [-0.39, 0.29) is 11.8 Å². The molecule has 0 spiro atoms. The fourth-order valence-corrected chi connectivity index (χ4v) is 1.61. The first-order chi connectivity index (χ1) is 7.27. The second-order valence-corrected chi connectivity index (χ2v) is 3.66. The molecule has 2 aromatic carbocycles. The summed E-state index contributed by atoms with van der Waals surface area (Å²) in [5, 5.41) is 4.86. The molecule has 0 aliphatic heterocycles. The van der Waals surface area contributed by atoms with Crippen LogP contribution in [0.25, 0.3) is 10.8 Å². The van der Waals surface area contributed by atoms with Gasteiger partial charge in [0, 0.05) is 11.1 Å². The van der Waals surface area contributed by atoms with Crippen molar-refractivity contribution in [3.63, 3.8) is 0 Å². The zero-order valence-corrected chi connectivity index (χ0v) is 8.79. The molecule has 2 aromatic rings. The van der Waals surface area contributed by atoms with Crippen LogP contribution in [-0.4, -0.2) is 11.8 Å². The van der Waals surface area contributed by atoms with Gasteiger partial charge < -0.3 is 5.32 Å². The highest BCUT2D eigenvalue weighted by Crippen LogP contribution is 2.22. The van der Waals surface area contributed by atoms with Gasteiger partial charge in [-0.2, -0.15) is 0 Å². The van der Waals surface area contributed by atoms with E-state index < -0.39 is 0 Å². The van der Waals surface area contributed by atoms with E-state index in [0.717, 1.165) is 16.5 Å². The van der Waals surface area contributed by atoms with Gasteiger partial charge >= 0.3 is 0 Å². The van der Waals surface area contributed by atoms with Crippen molar-refractivity contribution in [3.8, 4) is 0 Å². The second-order valence-electron chi connectivity index (χ2n) is 3.24. The maximum absolute atomic E-state index is 10.7. The van der Waals surface area contributed by atoms with Gasteiger partial charge in [-0.1, -0.05) is 36.4 Å². The maximum Gasteiger partial charge on any atom is 0.240 e. The summed E-state index contributed by atoms with van der Waals surface area (Å²) in [5.74, 6) is 0. The molecule has 2 rings (SSSR count). The summed E-state index contributed by atoms with van der Waals surface area (Å²) in [6, 6.07) is 13.9. The summed E-state index contributed by atoms with van der Waals surface area (Å²) in [5.41, 5.74) is 0.933. The van der Waals surface area contributed by atoms with Crippen LogP contribution in [0.4, 0.5) is 5.69 Å². The van der Waals surface area contributed by atoms with Crippen molar-refractivity contribution < 1.29 is 4.79 Å². The van der Waals surface area contributed by atoms with Gasteiger partial charge in [0.1, 0.15) is 0 Å². The molecule has 3 heteroatoms. The molecule has 0 amide bonds. The van der Waals surface area contributed by atoms with Gasteiger partial charge in [-0.25, -0.2) is 0 Å². The third-order valence-electron chi connectivity index (χ3n) is 2.21. The Hall–Kier alpha value is -1.54. The Bertz CT molecular complexity index is 490. The van der Waals surface area contributed by atoms with Gasteiger partial charge in [-0.05, 0) is 23.1 Å². The third-order valence-corrected chi connectivity index (χ3v) is 2.34. The van der Waals surface area contributed by atoms with E-state index in [0.29, 0.717) is 0 Å². The molecule has 0 aromatic heterocycles. The summed E-state index contributed by atoms with van der Waals surface area (Å²) in [4.78, 5) is 10.7. The first-order valence-electron chi connectivity index (χ1n) is 4.67. The smallest absolute Gasteiger partial charge is 0.240 e. The summed E-state index contributed by atoms with van der Waals surface area (Å²) in [6.07, 6.45) is 0. The molecular weight excluding hydrogens is 210 g/mol. The fraction of sp³-hybridized carbons (Fsp3) is 0.0833. The SMILES string of the molecule is O=C(Cl)CNc1cccc2ccccc12. The highest BCUT2D eigenvalue weighted by atomic mass is 35.5. The van der Waals surface area contributed by atoms with E-state index >= 15 is 0 Å². The molecule has 0 atom stereocenters. The van der Waals surface area contributed by atoms with Crippen molar-refractivity contribution in [2.45, 2.75) is 0 Å². The number of nitrogens with one attached hydrogen (secondary N) is 1. The van der Waals surface area contributed by atoms with Crippen LogP contribution < -0.4 is 5.32 Å². The van der Waals surface area contributed by atoms with E-state index in [1.54, 1.807) is 0 Å². The number of carbonyl (C=O) groups is 1. The highest BCUT2D eigenvalue weighted by Gasteiger charge is 2.00. The van der Waals surface area contributed by atoms with Gasteiger partial charge in [-0.3, -0.25) is 4.79 Å². The molecule has 0 saturated heterocycles. The van der Waals surface area contributed by atoms with Gasteiger partial charge in [0.2, 0.25) is 5.24 Å². The fourth-order valence-electron chi connectivity index (χ4n) is 1.54. The number of hydrogen-bond donors (Lipinski definition) is 1. The minimum Gasteiger partial charge on any atom is -0.376 e. The lowest BCUT2D eigenvalue weighted by Gasteiger charge is -2.07. The lowest BCUT2D eigenvalue weighted by molar-refractivity contribution is -0.110. The van der Waals surface area contributed by atoms with E-state index in [9.17, 15) is 4.79 Å². The van der Waals surface area contributed by atoms with Crippen molar-refractivity contribution >= 4 is 33.3 Å². The normalized spacial score (nSPS) is 10.2. The summed E-state index contributed by atoms with van der Waals surface area (Å²) < 4.78 is 0. The topological polar surface area (TPSA) is 29.1 Å². The summed E-state index contributed by atoms with van der Waals surface area (Å²) in [7, 11) is 0. The van der Waals surface area contributed by atoms with Crippen LogP contribution in [0.2, 0.25) is 0 Å². The average Bonchev–Trinajstić information content (AvgIpc) is 2.26. The average molecular weight is 220 g/mol. The monoisotopic (exact) mass is 219 g/mol. The van der Waals surface area contributed by atoms with E-state index in [2.05, 4.69) is 5.32 Å². The zero-order chi connectivity index (χ0) is 10.7. The Balaban J connectivity index is 2.38. The minimum absolute atomic E-state index is 0.148. The predicted molar refractivity (Wildman–Crippen MR) is 63.3 cm³/mol.